The summed E-state index contributed by atoms with van der Waals surface area (Å²) in [4.78, 5) is 139. The lowest BCUT2D eigenvalue weighted by Crippen LogP contribution is -2.44. The van der Waals surface area contributed by atoms with Gasteiger partial charge < -0.3 is 68.5 Å². The van der Waals surface area contributed by atoms with Crippen molar-refractivity contribution in [2.24, 2.45) is 0 Å². The first-order valence-electron chi connectivity index (χ1n) is 15.4. The van der Waals surface area contributed by atoms with Gasteiger partial charge in [-0.25, -0.2) is 5.26 Å². The summed E-state index contributed by atoms with van der Waals surface area (Å²) in [5, 5.41) is 12.1. The van der Waals surface area contributed by atoms with Crippen molar-refractivity contribution in [2.75, 3.05) is 116 Å². The molecule has 0 rings (SSSR count). The van der Waals surface area contributed by atoms with Crippen molar-refractivity contribution < 1.29 is 115 Å². The van der Waals surface area contributed by atoms with Crippen LogP contribution in [0.5, 0.6) is 0 Å². The van der Waals surface area contributed by atoms with Crippen LogP contribution < -0.4 is 0 Å². The average molecular weight is 984 g/mol. The molecule has 0 aromatic heterocycles. The molecule has 0 aromatic rings. The fourth-order valence-electron chi connectivity index (χ4n) is 4.78. The molecule has 0 saturated heterocycles. The second kappa shape index (κ2) is 25.3. The molecule has 0 aromatic carbocycles. The maximum atomic E-state index is 12.0. The van der Waals surface area contributed by atoms with E-state index in [2.05, 4.69) is 9.71 Å². The number of nitrogens with zero attached hydrogens (tertiary/aromatic N) is 6. The van der Waals surface area contributed by atoms with Gasteiger partial charge in [0.05, 0.1) is 8.81 Å². The monoisotopic (exact) mass is 984 g/mol. The van der Waals surface area contributed by atoms with Crippen LogP contribution in [0.3, 0.4) is 0 Å². The quantitative estimate of drug-likeness (QED) is 0.0133. The lowest BCUT2D eigenvalue weighted by molar-refractivity contribution is -0.435. The summed E-state index contributed by atoms with van der Waals surface area (Å²) in [6.07, 6.45) is -7.30. The SMILES string of the molecule is O=P(O)(O)CN(CCN(CCN(CCN(CP(=O)(O)O)CP(=O)(O)O)CP(=O)(O)O)CPOOO)CCN(CCN(CP(=O)(O)O)CP(=O)(O)O)CP(=O)(O)O. The summed E-state index contributed by atoms with van der Waals surface area (Å²) in [5.74, 6) is 0. The maximum absolute atomic E-state index is 12.0. The Morgan fingerprint density at radius 2 is 0.500 bits per heavy atom. The number of hydrogen-bond donors (Lipinski definition) is 15. The molecule has 338 valence electrons. The van der Waals surface area contributed by atoms with Crippen molar-refractivity contribution in [3.05, 3.63) is 0 Å². The van der Waals surface area contributed by atoms with Gasteiger partial charge in [0.2, 0.25) is 0 Å². The summed E-state index contributed by atoms with van der Waals surface area (Å²) in [6, 6.07) is 0. The smallest absolute Gasteiger partial charge is 0.324 e. The zero-order chi connectivity index (χ0) is 43.8. The van der Waals surface area contributed by atoms with Gasteiger partial charge in [-0.3, -0.25) is 61.4 Å². The van der Waals surface area contributed by atoms with Crippen LogP contribution in [0.15, 0.2) is 0 Å². The fraction of sp³-hybridized carbons (Fsp3) is 1.00. The van der Waals surface area contributed by atoms with Gasteiger partial charge in [-0.05, 0) is 0 Å². The molecule has 1 atom stereocenters. The van der Waals surface area contributed by atoms with Crippen LogP contribution in [0.25, 0.3) is 0 Å². The highest BCUT2D eigenvalue weighted by atomic mass is 31.2. The van der Waals surface area contributed by atoms with E-state index in [9.17, 15) is 100 Å². The van der Waals surface area contributed by atoms with Crippen LogP contribution in [0.1, 0.15) is 0 Å². The Bertz CT molecular complexity index is 1440. The van der Waals surface area contributed by atoms with Crippen molar-refractivity contribution in [3.63, 3.8) is 0 Å². The van der Waals surface area contributed by atoms with E-state index in [1.165, 1.54) is 4.90 Å². The van der Waals surface area contributed by atoms with Crippen molar-refractivity contribution in [2.45, 2.75) is 0 Å². The average Bonchev–Trinajstić information content (AvgIpc) is 2.92. The first kappa shape index (κ1) is 57.1. The van der Waals surface area contributed by atoms with E-state index in [-0.39, 0.29) is 52.1 Å². The molecule has 56 heavy (non-hydrogen) atoms. The summed E-state index contributed by atoms with van der Waals surface area (Å²) >= 11 is 0. The predicted molar refractivity (Wildman–Crippen MR) is 196 cm³/mol. The molecule has 0 heterocycles. The second-order valence-electron chi connectivity index (χ2n) is 12.4. The molecule has 0 saturated carbocycles. The summed E-state index contributed by atoms with van der Waals surface area (Å²) < 4.78 is 86.3. The van der Waals surface area contributed by atoms with E-state index in [4.69, 9.17) is 5.26 Å². The minimum Gasteiger partial charge on any atom is -0.324 e. The number of hydrogen-bond acceptors (Lipinski definition) is 16. The molecular formula is C18H52N6O24P8. The van der Waals surface area contributed by atoms with E-state index < -0.39 is 126 Å². The van der Waals surface area contributed by atoms with Crippen molar-refractivity contribution in [1.29, 1.82) is 0 Å². The summed E-state index contributed by atoms with van der Waals surface area (Å²) in [6.45, 7) is -3.19. The molecule has 0 amide bonds. The van der Waals surface area contributed by atoms with Crippen LogP contribution in [0.4, 0.5) is 0 Å². The molecule has 0 radical (unpaired) electrons. The Morgan fingerprint density at radius 1 is 0.321 bits per heavy atom. The molecule has 0 fully saturated rings. The van der Waals surface area contributed by atoms with E-state index >= 15 is 0 Å². The Hall–Kier alpha value is 1.12. The largest absolute Gasteiger partial charge is 0.339 e. The topological polar surface area (TPSA) is 461 Å². The minimum absolute atomic E-state index is 0.0874. The normalized spacial score (nSPS) is 14.7. The van der Waals surface area contributed by atoms with Crippen LogP contribution in [-0.4, -0.2) is 219 Å². The van der Waals surface area contributed by atoms with Gasteiger partial charge >= 0.3 is 53.2 Å². The van der Waals surface area contributed by atoms with Gasteiger partial charge in [0.1, 0.15) is 44.0 Å². The third kappa shape index (κ3) is 36.9. The van der Waals surface area contributed by atoms with Crippen molar-refractivity contribution >= 4 is 62.0 Å². The van der Waals surface area contributed by atoms with Crippen molar-refractivity contribution in [1.82, 2.24) is 29.4 Å². The van der Waals surface area contributed by atoms with Crippen molar-refractivity contribution in [3.8, 4) is 0 Å². The van der Waals surface area contributed by atoms with Crippen LogP contribution >= 0.6 is 62.0 Å². The van der Waals surface area contributed by atoms with E-state index in [1.54, 1.807) is 0 Å². The number of rotatable bonds is 33. The first-order chi connectivity index (χ1) is 25.0. The minimum atomic E-state index is -4.86. The van der Waals surface area contributed by atoms with Crippen LogP contribution in [0, 0.1) is 0 Å². The molecule has 0 spiro atoms. The molecule has 1 unspecified atom stereocenters. The Morgan fingerprint density at radius 3 is 0.696 bits per heavy atom. The molecule has 0 aliphatic rings. The van der Waals surface area contributed by atoms with Gasteiger partial charge in [0.25, 0.3) is 0 Å². The van der Waals surface area contributed by atoms with Gasteiger partial charge in [-0.15, -0.1) is 0 Å². The van der Waals surface area contributed by atoms with E-state index in [1.807, 2.05) is 0 Å². The van der Waals surface area contributed by atoms with Gasteiger partial charge in [0.15, 0.2) is 0 Å². The summed E-state index contributed by atoms with van der Waals surface area (Å²) in [5.41, 5.74) is 0. The zero-order valence-electron chi connectivity index (χ0n) is 29.4. The van der Waals surface area contributed by atoms with Gasteiger partial charge in [0, 0.05) is 71.7 Å². The zero-order valence-corrected chi connectivity index (χ0v) is 36.7. The van der Waals surface area contributed by atoms with Crippen LogP contribution in [0.2, 0.25) is 0 Å². The third-order valence-electron chi connectivity index (χ3n) is 6.74. The summed E-state index contributed by atoms with van der Waals surface area (Å²) in [7, 11) is -34.5. The molecule has 30 nitrogen and oxygen atoms in total. The lowest BCUT2D eigenvalue weighted by Gasteiger charge is -2.32. The molecule has 0 aliphatic carbocycles. The molecule has 0 bridgehead atoms. The Kier molecular flexibility index (Phi) is 25.8. The van der Waals surface area contributed by atoms with E-state index in [0.29, 0.717) is 9.80 Å². The first-order valence-corrected chi connectivity index (χ1v) is 29.1. The lowest BCUT2D eigenvalue weighted by atomic mass is 10.4. The predicted octanol–water partition coefficient (Wildman–Crippen LogP) is -3.28. The Labute approximate surface area is 322 Å². The fourth-order valence-corrected chi connectivity index (χ4v) is 11.2. The van der Waals surface area contributed by atoms with Gasteiger partial charge in [-0.2, -0.15) is 4.67 Å². The molecule has 0 aliphatic heterocycles. The van der Waals surface area contributed by atoms with E-state index in [0.717, 1.165) is 14.7 Å². The maximum Gasteiger partial charge on any atom is 0.339 e. The molecule has 38 heteroatoms. The highest BCUT2D eigenvalue weighted by molar-refractivity contribution is 7.53. The third-order valence-corrected chi connectivity index (χ3v) is 12.9. The van der Waals surface area contributed by atoms with Gasteiger partial charge in [-0.1, -0.05) is 5.04 Å². The highest BCUT2D eigenvalue weighted by Gasteiger charge is 2.30. The second-order valence-corrected chi connectivity index (χ2v) is 24.4. The van der Waals surface area contributed by atoms with Crippen LogP contribution in [-0.2, 0) is 41.7 Å². The molecule has 15 N–H and O–H groups in total. The molecular weight excluding hydrogens is 932 g/mol. The standard InChI is InChI=1S/C18H52N6O24P8/c25-47-48-49-11-19(2-4-21(13-51(29,30)31)7-9-23(15-53(35,36)37)16-54(38,39)40)1-3-20(12-50(26,27)28)5-6-22(14-52(32,33)34)8-10-24(17-55(41,42)43)18-56(44,45)46/h25,49H,1-18H2,(H2,26,27,28)(H2,29,30,31)(H2,32,33,34)(H2,35,36,37)(H2,38,39,40)(H2,41,42,43)(H2,44,45,46). The Balaban J connectivity index is 6.09. The highest BCUT2D eigenvalue weighted by Crippen LogP contribution is 2.42.